The highest BCUT2D eigenvalue weighted by Crippen LogP contribution is 2.27. The number of hydrogen-bond acceptors (Lipinski definition) is 2. The molecule has 0 amide bonds. The molecular formula is C8H10ClFN2. The standard InChI is InChI=1S/C8H10ClFN2/c9-6-2-1-3-7(11)8(6)12-5-4-10/h1-3,12H,4-5,11H2. The minimum absolute atomic E-state index is 0.230. The Labute approximate surface area is 75.5 Å². The first kappa shape index (κ1) is 9.13. The molecule has 1 rings (SSSR count). The zero-order chi connectivity index (χ0) is 8.97. The molecule has 0 spiro atoms. The quantitative estimate of drug-likeness (QED) is 0.715. The third-order valence-corrected chi connectivity index (χ3v) is 1.76. The number of hydrogen-bond donors (Lipinski definition) is 2. The maximum atomic E-state index is 11.8. The molecule has 0 saturated carbocycles. The zero-order valence-corrected chi connectivity index (χ0v) is 7.24. The van der Waals surface area contributed by atoms with Crippen molar-refractivity contribution in [3.05, 3.63) is 23.2 Å². The van der Waals surface area contributed by atoms with Crippen molar-refractivity contribution in [2.45, 2.75) is 0 Å². The minimum atomic E-state index is -0.440. The fourth-order valence-electron chi connectivity index (χ4n) is 0.900. The van der Waals surface area contributed by atoms with E-state index in [4.69, 9.17) is 17.3 Å². The summed E-state index contributed by atoms with van der Waals surface area (Å²) in [7, 11) is 0. The number of nitrogen functional groups attached to an aromatic ring is 1. The molecule has 66 valence electrons. The van der Waals surface area contributed by atoms with Crippen LogP contribution >= 0.6 is 11.6 Å². The summed E-state index contributed by atoms with van der Waals surface area (Å²) in [6, 6.07) is 5.17. The van der Waals surface area contributed by atoms with Crippen molar-refractivity contribution in [3.8, 4) is 0 Å². The molecule has 12 heavy (non-hydrogen) atoms. The van der Waals surface area contributed by atoms with E-state index in [9.17, 15) is 4.39 Å². The van der Waals surface area contributed by atoms with Crippen LogP contribution in [0.25, 0.3) is 0 Å². The Morgan fingerprint density at radius 3 is 2.83 bits per heavy atom. The van der Waals surface area contributed by atoms with Crippen molar-refractivity contribution in [1.29, 1.82) is 0 Å². The molecule has 0 fully saturated rings. The van der Waals surface area contributed by atoms with Crippen LogP contribution in [0.4, 0.5) is 15.8 Å². The molecule has 0 unspecified atom stereocenters. The Hall–Kier alpha value is -0.960. The second-order valence-electron chi connectivity index (χ2n) is 2.32. The van der Waals surface area contributed by atoms with Crippen LogP contribution in [0.5, 0.6) is 0 Å². The van der Waals surface area contributed by atoms with Gasteiger partial charge in [0, 0.05) is 6.54 Å². The zero-order valence-electron chi connectivity index (χ0n) is 6.48. The van der Waals surface area contributed by atoms with E-state index < -0.39 is 6.67 Å². The highest BCUT2D eigenvalue weighted by atomic mass is 35.5. The second kappa shape index (κ2) is 4.16. The minimum Gasteiger partial charge on any atom is -0.397 e. The Morgan fingerprint density at radius 2 is 2.25 bits per heavy atom. The van der Waals surface area contributed by atoms with Crippen molar-refractivity contribution in [2.75, 3.05) is 24.3 Å². The molecule has 1 aromatic rings. The molecule has 0 aromatic heterocycles. The summed E-state index contributed by atoms with van der Waals surface area (Å²) in [4.78, 5) is 0. The lowest BCUT2D eigenvalue weighted by atomic mass is 10.2. The maximum Gasteiger partial charge on any atom is 0.107 e. The van der Waals surface area contributed by atoms with E-state index in [-0.39, 0.29) is 6.54 Å². The number of para-hydroxylation sites is 1. The van der Waals surface area contributed by atoms with Gasteiger partial charge >= 0.3 is 0 Å². The average Bonchev–Trinajstić information content (AvgIpc) is 2.04. The van der Waals surface area contributed by atoms with Crippen LogP contribution in [-0.4, -0.2) is 13.2 Å². The smallest absolute Gasteiger partial charge is 0.107 e. The van der Waals surface area contributed by atoms with Gasteiger partial charge in [0.15, 0.2) is 0 Å². The van der Waals surface area contributed by atoms with E-state index in [1.165, 1.54) is 0 Å². The van der Waals surface area contributed by atoms with E-state index in [1.807, 2.05) is 0 Å². The molecule has 0 saturated heterocycles. The van der Waals surface area contributed by atoms with Crippen LogP contribution < -0.4 is 11.1 Å². The number of rotatable bonds is 3. The molecule has 0 bridgehead atoms. The second-order valence-corrected chi connectivity index (χ2v) is 2.73. The lowest BCUT2D eigenvalue weighted by molar-refractivity contribution is 0.513. The van der Waals surface area contributed by atoms with Gasteiger partial charge < -0.3 is 11.1 Å². The number of alkyl halides is 1. The van der Waals surface area contributed by atoms with Crippen molar-refractivity contribution < 1.29 is 4.39 Å². The maximum absolute atomic E-state index is 11.8. The topological polar surface area (TPSA) is 38.0 Å². The summed E-state index contributed by atoms with van der Waals surface area (Å²) in [6.45, 7) is -0.210. The SMILES string of the molecule is Nc1cccc(Cl)c1NCCF. The lowest BCUT2D eigenvalue weighted by Gasteiger charge is -2.08. The van der Waals surface area contributed by atoms with Gasteiger partial charge in [-0.25, -0.2) is 4.39 Å². The summed E-state index contributed by atoms with van der Waals surface area (Å²) in [5.74, 6) is 0. The largest absolute Gasteiger partial charge is 0.397 e. The summed E-state index contributed by atoms with van der Waals surface area (Å²) in [6.07, 6.45) is 0. The Kier molecular flexibility index (Phi) is 3.17. The van der Waals surface area contributed by atoms with Gasteiger partial charge in [0.25, 0.3) is 0 Å². The fraction of sp³-hybridized carbons (Fsp3) is 0.250. The molecule has 4 heteroatoms. The van der Waals surface area contributed by atoms with E-state index in [2.05, 4.69) is 5.32 Å². The predicted molar refractivity (Wildman–Crippen MR) is 50.3 cm³/mol. The molecular weight excluding hydrogens is 179 g/mol. The number of benzene rings is 1. The molecule has 0 atom stereocenters. The number of halogens is 2. The van der Waals surface area contributed by atoms with Crippen LogP contribution in [-0.2, 0) is 0 Å². The highest BCUT2D eigenvalue weighted by Gasteiger charge is 2.01. The van der Waals surface area contributed by atoms with Gasteiger partial charge in [-0.3, -0.25) is 0 Å². The van der Waals surface area contributed by atoms with Gasteiger partial charge in [0.05, 0.1) is 16.4 Å². The third-order valence-electron chi connectivity index (χ3n) is 1.44. The molecule has 0 radical (unpaired) electrons. The van der Waals surface area contributed by atoms with Crippen LogP contribution in [0.15, 0.2) is 18.2 Å². The van der Waals surface area contributed by atoms with Gasteiger partial charge in [-0.2, -0.15) is 0 Å². The number of anilines is 2. The van der Waals surface area contributed by atoms with Crippen LogP contribution in [0, 0.1) is 0 Å². The normalized spacial score (nSPS) is 9.83. The van der Waals surface area contributed by atoms with Gasteiger partial charge in [-0.05, 0) is 12.1 Å². The first-order valence-electron chi connectivity index (χ1n) is 3.59. The van der Waals surface area contributed by atoms with E-state index >= 15 is 0 Å². The van der Waals surface area contributed by atoms with Crippen molar-refractivity contribution in [2.24, 2.45) is 0 Å². The summed E-state index contributed by atoms with van der Waals surface area (Å²) in [5, 5.41) is 3.32. The first-order chi connectivity index (χ1) is 5.75. The van der Waals surface area contributed by atoms with Crippen LogP contribution in [0.3, 0.4) is 0 Å². The monoisotopic (exact) mass is 188 g/mol. The Morgan fingerprint density at radius 1 is 1.50 bits per heavy atom. The number of nitrogens with one attached hydrogen (secondary N) is 1. The molecule has 0 heterocycles. The van der Waals surface area contributed by atoms with Gasteiger partial charge in [0.1, 0.15) is 6.67 Å². The average molecular weight is 189 g/mol. The first-order valence-corrected chi connectivity index (χ1v) is 3.97. The predicted octanol–water partition coefficient (Wildman–Crippen LogP) is 2.30. The molecule has 0 aliphatic carbocycles. The number of nitrogens with two attached hydrogens (primary N) is 1. The van der Waals surface area contributed by atoms with Gasteiger partial charge in [-0.1, -0.05) is 17.7 Å². The summed E-state index contributed by atoms with van der Waals surface area (Å²) < 4.78 is 11.8. The van der Waals surface area contributed by atoms with E-state index in [1.54, 1.807) is 18.2 Å². The molecule has 2 nitrogen and oxygen atoms in total. The van der Waals surface area contributed by atoms with Crippen molar-refractivity contribution in [3.63, 3.8) is 0 Å². The fourth-order valence-corrected chi connectivity index (χ4v) is 1.15. The summed E-state index contributed by atoms with van der Waals surface area (Å²) >= 11 is 5.80. The molecule has 1 aromatic carbocycles. The van der Waals surface area contributed by atoms with Crippen molar-refractivity contribution in [1.82, 2.24) is 0 Å². The molecule has 0 aliphatic heterocycles. The Bertz CT molecular complexity index is 245. The highest BCUT2D eigenvalue weighted by molar-refractivity contribution is 6.33. The van der Waals surface area contributed by atoms with Gasteiger partial charge in [-0.15, -0.1) is 0 Å². The van der Waals surface area contributed by atoms with Crippen LogP contribution in [0.1, 0.15) is 0 Å². The Balaban J connectivity index is 2.81. The summed E-state index contributed by atoms with van der Waals surface area (Å²) in [5.41, 5.74) is 6.74. The van der Waals surface area contributed by atoms with Crippen molar-refractivity contribution >= 4 is 23.0 Å². The molecule has 3 N–H and O–H groups in total. The van der Waals surface area contributed by atoms with E-state index in [0.717, 1.165) is 0 Å². The van der Waals surface area contributed by atoms with E-state index in [0.29, 0.717) is 16.4 Å². The third kappa shape index (κ3) is 2.01. The lowest BCUT2D eigenvalue weighted by Crippen LogP contribution is -2.05. The van der Waals surface area contributed by atoms with Crippen LogP contribution in [0.2, 0.25) is 5.02 Å². The van der Waals surface area contributed by atoms with Gasteiger partial charge in [0.2, 0.25) is 0 Å². The molecule has 0 aliphatic rings.